The molecule has 2 aromatic carbocycles. The predicted octanol–water partition coefficient (Wildman–Crippen LogP) is 5.98. The van der Waals surface area contributed by atoms with Crippen molar-refractivity contribution in [3.8, 4) is 17.6 Å². The van der Waals surface area contributed by atoms with Crippen LogP contribution in [0, 0.1) is 11.3 Å². The number of aromatic nitrogens is 2. The topological polar surface area (TPSA) is 68.0 Å². The third-order valence-corrected chi connectivity index (χ3v) is 6.02. The van der Waals surface area contributed by atoms with Crippen molar-refractivity contribution in [2.45, 2.75) is 37.4 Å². The van der Waals surface area contributed by atoms with Gasteiger partial charge in [0.15, 0.2) is 5.16 Å². The molecular weight excluding hydrogens is 442 g/mol. The van der Waals surface area contributed by atoms with Crippen molar-refractivity contribution in [3.63, 3.8) is 0 Å². The second kappa shape index (κ2) is 11.2. The number of nitriles is 1. The minimum absolute atomic E-state index is 0.293. The van der Waals surface area contributed by atoms with Gasteiger partial charge in [0.2, 0.25) is 0 Å². The Bertz CT molecular complexity index is 1080. The standard InChI is InChI=1S/C25H26ClN3O2S/c1-25(2,20-7-10-23(18(15-20)16-27)30-14-4-12-26)19-5-8-22(9-6-19)31-17-21-11-13-28-24(29-21)32-3/h5-11,13,15H,4,12,14,17H2,1-3H3. The van der Waals surface area contributed by atoms with E-state index < -0.39 is 0 Å². The quantitative estimate of drug-likeness (QED) is 0.158. The summed E-state index contributed by atoms with van der Waals surface area (Å²) in [6.45, 7) is 5.15. The first-order valence-corrected chi connectivity index (χ1v) is 12.1. The zero-order valence-electron chi connectivity index (χ0n) is 18.5. The summed E-state index contributed by atoms with van der Waals surface area (Å²) in [6, 6.07) is 17.9. The molecule has 7 heteroatoms. The molecule has 0 spiro atoms. The molecule has 1 heterocycles. The second-order valence-electron chi connectivity index (χ2n) is 7.69. The monoisotopic (exact) mass is 467 g/mol. The summed E-state index contributed by atoms with van der Waals surface area (Å²) in [4.78, 5) is 8.61. The summed E-state index contributed by atoms with van der Waals surface area (Å²) in [5.41, 5.74) is 3.23. The maximum atomic E-state index is 9.58. The summed E-state index contributed by atoms with van der Waals surface area (Å²) in [5.74, 6) is 1.90. The van der Waals surface area contributed by atoms with Crippen LogP contribution in [-0.4, -0.2) is 28.7 Å². The van der Waals surface area contributed by atoms with Crippen molar-refractivity contribution in [1.29, 1.82) is 5.26 Å². The summed E-state index contributed by atoms with van der Waals surface area (Å²) in [5, 5.41) is 10.3. The highest BCUT2D eigenvalue weighted by atomic mass is 35.5. The lowest BCUT2D eigenvalue weighted by Crippen LogP contribution is -2.19. The summed E-state index contributed by atoms with van der Waals surface area (Å²) in [7, 11) is 0. The molecule has 0 fully saturated rings. The number of alkyl halides is 1. The number of halogens is 1. The average Bonchev–Trinajstić information content (AvgIpc) is 2.83. The number of benzene rings is 2. The highest BCUT2D eigenvalue weighted by Crippen LogP contribution is 2.35. The first kappa shape index (κ1) is 23.9. The Morgan fingerprint density at radius 1 is 1.06 bits per heavy atom. The molecule has 0 unspecified atom stereocenters. The first-order valence-electron chi connectivity index (χ1n) is 10.3. The van der Waals surface area contributed by atoms with Crippen molar-refractivity contribution in [2.75, 3.05) is 18.7 Å². The minimum atomic E-state index is -0.293. The van der Waals surface area contributed by atoms with Crippen LogP contribution in [0.4, 0.5) is 0 Å². The smallest absolute Gasteiger partial charge is 0.187 e. The van der Waals surface area contributed by atoms with Crippen LogP contribution in [0.25, 0.3) is 0 Å². The van der Waals surface area contributed by atoms with Crippen LogP contribution < -0.4 is 9.47 Å². The van der Waals surface area contributed by atoms with E-state index in [1.54, 1.807) is 6.20 Å². The first-order chi connectivity index (χ1) is 15.5. The lowest BCUT2D eigenvalue weighted by atomic mass is 9.77. The molecule has 3 aromatic rings. The Kier molecular flexibility index (Phi) is 8.38. The Balaban J connectivity index is 1.72. The van der Waals surface area contributed by atoms with Gasteiger partial charge in [-0.25, -0.2) is 9.97 Å². The number of rotatable bonds is 10. The molecule has 0 amide bonds. The van der Waals surface area contributed by atoms with Crippen LogP contribution in [0.3, 0.4) is 0 Å². The van der Waals surface area contributed by atoms with Crippen LogP contribution in [0.1, 0.15) is 42.7 Å². The number of thioether (sulfide) groups is 1. The van der Waals surface area contributed by atoms with E-state index in [2.05, 4.69) is 42.0 Å². The highest BCUT2D eigenvalue weighted by molar-refractivity contribution is 7.98. The molecule has 3 rings (SSSR count). The zero-order valence-corrected chi connectivity index (χ0v) is 20.0. The van der Waals surface area contributed by atoms with E-state index >= 15 is 0 Å². The van der Waals surface area contributed by atoms with Gasteiger partial charge in [-0.15, -0.1) is 11.6 Å². The highest BCUT2D eigenvalue weighted by Gasteiger charge is 2.24. The molecule has 0 N–H and O–H groups in total. The van der Waals surface area contributed by atoms with Gasteiger partial charge in [-0.1, -0.05) is 43.8 Å². The Morgan fingerprint density at radius 2 is 1.81 bits per heavy atom. The summed E-state index contributed by atoms with van der Waals surface area (Å²) in [6.07, 6.45) is 4.43. The molecule has 0 radical (unpaired) electrons. The molecule has 0 saturated carbocycles. The third kappa shape index (κ3) is 5.93. The maximum absolute atomic E-state index is 9.58. The fourth-order valence-electron chi connectivity index (χ4n) is 3.22. The fraction of sp³-hybridized carbons (Fsp3) is 0.320. The number of hydrogen-bond acceptors (Lipinski definition) is 6. The zero-order chi connectivity index (χ0) is 23.0. The predicted molar refractivity (Wildman–Crippen MR) is 129 cm³/mol. The van der Waals surface area contributed by atoms with Crippen molar-refractivity contribution in [1.82, 2.24) is 9.97 Å². The van der Waals surface area contributed by atoms with Gasteiger partial charge in [0.1, 0.15) is 24.2 Å². The number of ether oxygens (including phenoxy) is 2. The molecule has 0 bridgehead atoms. The average molecular weight is 468 g/mol. The molecule has 0 atom stereocenters. The van der Waals surface area contributed by atoms with Gasteiger partial charge in [-0.05, 0) is 54.1 Å². The van der Waals surface area contributed by atoms with E-state index in [9.17, 15) is 5.26 Å². The summed E-state index contributed by atoms with van der Waals surface area (Å²) < 4.78 is 11.6. The lowest BCUT2D eigenvalue weighted by Gasteiger charge is -2.27. The van der Waals surface area contributed by atoms with Crippen molar-refractivity contribution < 1.29 is 9.47 Å². The summed E-state index contributed by atoms with van der Waals surface area (Å²) >= 11 is 7.21. The minimum Gasteiger partial charge on any atom is -0.492 e. The molecule has 0 saturated heterocycles. The van der Waals surface area contributed by atoms with E-state index in [-0.39, 0.29) is 5.41 Å². The number of hydrogen-bond donors (Lipinski definition) is 0. The van der Waals surface area contributed by atoms with Gasteiger partial charge < -0.3 is 9.47 Å². The van der Waals surface area contributed by atoms with Crippen LogP contribution >= 0.6 is 23.4 Å². The molecule has 166 valence electrons. The van der Waals surface area contributed by atoms with Gasteiger partial charge in [-0.2, -0.15) is 5.26 Å². The Morgan fingerprint density at radius 3 is 2.50 bits per heavy atom. The molecule has 0 aliphatic heterocycles. The van der Waals surface area contributed by atoms with Crippen molar-refractivity contribution in [3.05, 3.63) is 77.1 Å². The van der Waals surface area contributed by atoms with Gasteiger partial charge in [-0.3, -0.25) is 0 Å². The van der Waals surface area contributed by atoms with E-state index in [0.29, 0.717) is 30.4 Å². The van der Waals surface area contributed by atoms with E-state index in [4.69, 9.17) is 21.1 Å². The molecule has 1 aromatic heterocycles. The largest absolute Gasteiger partial charge is 0.492 e. The molecular formula is C25H26ClN3O2S. The molecule has 5 nitrogen and oxygen atoms in total. The molecule has 0 aliphatic carbocycles. The normalized spacial score (nSPS) is 11.1. The fourth-order valence-corrected chi connectivity index (χ4v) is 3.70. The van der Waals surface area contributed by atoms with Gasteiger partial charge in [0.25, 0.3) is 0 Å². The SMILES string of the molecule is CSc1nccc(COc2ccc(C(C)(C)c3ccc(OCCCCl)c(C#N)c3)cc2)n1. The second-order valence-corrected chi connectivity index (χ2v) is 8.84. The van der Waals surface area contributed by atoms with Crippen LogP contribution in [0.5, 0.6) is 11.5 Å². The van der Waals surface area contributed by atoms with Crippen LogP contribution in [-0.2, 0) is 12.0 Å². The Hall–Kier alpha value is -2.75. The Labute approximate surface area is 198 Å². The van der Waals surface area contributed by atoms with Crippen molar-refractivity contribution >= 4 is 23.4 Å². The molecule has 0 aliphatic rings. The van der Waals surface area contributed by atoms with Crippen LogP contribution in [0.15, 0.2) is 59.9 Å². The molecule has 32 heavy (non-hydrogen) atoms. The van der Waals surface area contributed by atoms with E-state index in [1.807, 2.05) is 42.7 Å². The third-order valence-electron chi connectivity index (χ3n) is 5.19. The van der Waals surface area contributed by atoms with E-state index in [1.165, 1.54) is 11.8 Å². The van der Waals surface area contributed by atoms with Crippen LogP contribution in [0.2, 0.25) is 0 Å². The van der Waals surface area contributed by atoms with Crippen molar-refractivity contribution in [2.24, 2.45) is 0 Å². The maximum Gasteiger partial charge on any atom is 0.187 e. The lowest BCUT2D eigenvalue weighted by molar-refractivity contribution is 0.300. The van der Waals surface area contributed by atoms with Gasteiger partial charge in [0.05, 0.1) is 17.9 Å². The van der Waals surface area contributed by atoms with Gasteiger partial charge >= 0.3 is 0 Å². The van der Waals surface area contributed by atoms with E-state index in [0.717, 1.165) is 34.1 Å². The number of nitrogens with zero attached hydrogens (tertiary/aromatic N) is 3. The van der Waals surface area contributed by atoms with Gasteiger partial charge in [0, 0.05) is 17.5 Å².